The minimum Gasteiger partial charge on any atom is -0.455 e. The molecule has 53 heavy (non-hydrogen) atoms. The summed E-state index contributed by atoms with van der Waals surface area (Å²) < 4.78 is 8.74. The summed E-state index contributed by atoms with van der Waals surface area (Å²) in [5.41, 5.74) is 11.2. The molecule has 0 radical (unpaired) electrons. The molecular formula is C46H28N6O. The third-order valence-electron chi connectivity index (χ3n) is 10.0. The maximum atomic E-state index is 6.48. The normalized spacial score (nSPS) is 12.1. The van der Waals surface area contributed by atoms with E-state index in [2.05, 4.69) is 107 Å². The third kappa shape index (κ3) is 4.54. The van der Waals surface area contributed by atoms with Gasteiger partial charge in [-0.3, -0.25) is 9.47 Å². The van der Waals surface area contributed by atoms with Crippen molar-refractivity contribution in [2.24, 2.45) is 0 Å². The van der Waals surface area contributed by atoms with Crippen molar-refractivity contribution in [2.75, 3.05) is 4.90 Å². The van der Waals surface area contributed by atoms with Crippen LogP contribution in [0.25, 0.3) is 83.9 Å². The second-order valence-electron chi connectivity index (χ2n) is 13.1. The standard InChI is InChI=1S/C46H28N6O/c1-2-15-29(16-3-1)43-48-44(50-45(49-43)35-22-14-21-33-32-19-7-13-28-41(32)53-42(33)35)34-20-6-11-26-39(34)51-37-24-9-4-17-30(37)31-18-5-10-25-38(31)52-40-27-12-8-23-36(40)47-46(51)52/h1-28H. The number of imidazole rings is 1. The van der Waals surface area contributed by atoms with Crippen LogP contribution in [0, 0.1) is 0 Å². The lowest BCUT2D eigenvalue weighted by Gasteiger charge is -2.26. The fourth-order valence-electron chi connectivity index (χ4n) is 7.65. The van der Waals surface area contributed by atoms with E-state index in [0.29, 0.717) is 17.5 Å². The first-order valence-corrected chi connectivity index (χ1v) is 17.6. The van der Waals surface area contributed by atoms with Crippen LogP contribution in [-0.4, -0.2) is 24.5 Å². The number of para-hydroxylation sites is 7. The van der Waals surface area contributed by atoms with Gasteiger partial charge in [0.2, 0.25) is 5.95 Å². The molecule has 0 N–H and O–H groups in total. The van der Waals surface area contributed by atoms with Crippen LogP contribution in [0.3, 0.4) is 0 Å². The van der Waals surface area contributed by atoms with Crippen LogP contribution in [-0.2, 0) is 0 Å². The van der Waals surface area contributed by atoms with Crippen molar-refractivity contribution >= 4 is 50.3 Å². The lowest BCUT2D eigenvalue weighted by molar-refractivity contribution is 0.669. The molecule has 7 heteroatoms. The molecule has 0 spiro atoms. The van der Waals surface area contributed by atoms with Gasteiger partial charge in [0.15, 0.2) is 17.5 Å². The molecule has 0 atom stereocenters. The summed E-state index contributed by atoms with van der Waals surface area (Å²) in [7, 11) is 0. The molecule has 0 bridgehead atoms. The minimum atomic E-state index is 0.532. The number of fused-ring (bicyclic) bond motifs is 10. The Morgan fingerprint density at radius 2 is 0.962 bits per heavy atom. The van der Waals surface area contributed by atoms with E-state index in [9.17, 15) is 0 Å². The highest BCUT2D eigenvalue weighted by molar-refractivity contribution is 6.09. The van der Waals surface area contributed by atoms with Crippen LogP contribution in [0.5, 0.6) is 0 Å². The van der Waals surface area contributed by atoms with E-state index in [1.165, 1.54) is 0 Å². The largest absolute Gasteiger partial charge is 0.455 e. The highest BCUT2D eigenvalue weighted by atomic mass is 16.3. The van der Waals surface area contributed by atoms with Crippen molar-refractivity contribution in [3.63, 3.8) is 0 Å². The highest BCUT2D eigenvalue weighted by Crippen LogP contribution is 2.49. The van der Waals surface area contributed by atoms with E-state index < -0.39 is 0 Å². The van der Waals surface area contributed by atoms with Crippen LogP contribution < -0.4 is 4.90 Å². The van der Waals surface area contributed by atoms with Crippen LogP contribution >= 0.6 is 0 Å². The molecule has 0 amide bonds. The summed E-state index contributed by atoms with van der Waals surface area (Å²) in [6.45, 7) is 0. The summed E-state index contributed by atoms with van der Waals surface area (Å²) in [6, 6.07) is 58.0. The van der Waals surface area contributed by atoms with Crippen molar-refractivity contribution in [3.8, 4) is 51.0 Å². The number of furan rings is 1. The molecular weight excluding hydrogens is 653 g/mol. The quantitative estimate of drug-likeness (QED) is 0.184. The van der Waals surface area contributed by atoms with Crippen molar-refractivity contribution < 1.29 is 4.42 Å². The Morgan fingerprint density at radius 1 is 0.396 bits per heavy atom. The first kappa shape index (κ1) is 29.4. The topological polar surface area (TPSA) is 72.9 Å². The number of rotatable bonds is 4. The molecule has 248 valence electrons. The maximum Gasteiger partial charge on any atom is 0.220 e. The van der Waals surface area contributed by atoms with Gasteiger partial charge in [0.05, 0.1) is 33.7 Å². The van der Waals surface area contributed by atoms with Gasteiger partial charge in [-0.2, -0.15) is 0 Å². The van der Waals surface area contributed by atoms with E-state index in [4.69, 9.17) is 24.4 Å². The van der Waals surface area contributed by atoms with Gasteiger partial charge in [-0.1, -0.05) is 121 Å². The predicted octanol–water partition coefficient (Wildman–Crippen LogP) is 11.6. The molecule has 1 aliphatic heterocycles. The smallest absolute Gasteiger partial charge is 0.220 e. The third-order valence-corrected chi connectivity index (χ3v) is 10.0. The Hall–Kier alpha value is -7.38. The molecule has 4 heterocycles. The average molecular weight is 681 g/mol. The summed E-state index contributed by atoms with van der Waals surface area (Å²) in [4.78, 5) is 23.1. The second-order valence-corrected chi connectivity index (χ2v) is 13.1. The Morgan fingerprint density at radius 3 is 1.79 bits per heavy atom. The lowest BCUT2D eigenvalue weighted by atomic mass is 10.0. The molecule has 3 aromatic heterocycles. The number of hydrogen-bond donors (Lipinski definition) is 0. The average Bonchev–Trinajstić information content (AvgIpc) is 3.77. The first-order valence-electron chi connectivity index (χ1n) is 17.6. The lowest BCUT2D eigenvalue weighted by Crippen LogP contribution is -2.15. The van der Waals surface area contributed by atoms with Crippen molar-refractivity contribution in [1.29, 1.82) is 0 Å². The van der Waals surface area contributed by atoms with Gasteiger partial charge >= 0.3 is 0 Å². The summed E-state index contributed by atoms with van der Waals surface area (Å²) in [5.74, 6) is 2.42. The molecule has 0 aliphatic carbocycles. The van der Waals surface area contributed by atoms with Gasteiger partial charge < -0.3 is 4.42 Å². The molecule has 11 rings (SSSR count). The highest BCUT2D eigenvalue weighted by Gasteiger charge is 2.31. The van der Waals surface area contributed by atoms with E-state index in [1.807, 2.05) is 72.8 Å². The van der Waals surface area contributed by atoms with Gasteiger partial charge in [-0.15, -0.1) is 0 Å². The molecule has 7 aromatic carbocycles. The zero-order valence-corrected chi connectivity index (χ0v) is 28.3. The van der Waals surface area contributed by atoms with Crippen LogP contribution in [0.1, 0.15) is 0 Å². The number of anilines is 3. The minimum absolute atomic E-state index is 0.532. The van der Waals surface area contributed by atoms with E-state index in [0.717, 1.165) is 83.8 Å². The SMILES string of the molecule is c1ccc(-c2nc(-c3ccccc3N3c4ccccc4-c4ccccc4-n4c3nc3ccccc34)nc(-c3cccc4c3oc3ccccc34)n2)cc1. The number of hydrogen-bond acceptors (Lipinski definition) is 6. The van der Waals surface area contributed by atoms with Crippen molar-refractivity contribution in [3.05, 3.63) is 170 Å². The van der Waals surface area contributed by atoms with Gasteiger partial charge in [-0.25, -0.2) is 19.9 Å². The summed E-state index contributed by atoms with van der Waals surface area (Å²) in [5, 5.41) is 2.07. The number of aromatic nitrogens is 5. The second kappa shape index (κ2) is 11.6. The van der Waals surface area contributed by atoms with Crippen molar-refractivity contribution in [2.45, 2.75) is 0 Å². The molecule has 7 nitrogen and oxygen atoms in total. The van der Waals surface area contributed by atoms with Gasteiger partial charge in [0.25, 0.3) is 0 Å². The molecule has 10 aromatic rings. The van der Waals surface area contributed by atoms with Gasteiger partial charge in [-0.05, 0) is 48.5 Å². The molecule has 0 unspecified atom stereocenters. The number of nitrogens with zero attached hydrogens (tertiary/aromatic N) is 6. The Balaban J connectivity index is 1.19. The molecule has 0 saturated heterocycles. The molecule has 0 saturated carbocycles. The van der Waals surface area contributed by atoms with Crippen LogP contribution in [0.4, 0.5) is 17.3 Å². The van der Waals surface area contributed by atoms with Crippen LogP contribution in [0.15, 0.2) is 174 Å². The number of benzene rings is 7. The fourth-order valence-corrected chi connectivity index (χ4v) is 7.65. The van der Waals surface area contributed by atoms with Gasteiger partial charge in [0, 0.05) is 33.0 Å². The van der Waals surface area contributed by atoms with Gasteiger partial charge in [0.1, 0.15) is 11.2 Å². The zero-order chi connectivity index (χ0) is 34.9. The Kier molecular flexibility index (Phi) is 6.42. The first-order chi connectivity index (χ1) is 26.3. The fraction of sp³-hybridized carbons (Fsp3) is 0. The van der Waals surface area contributed by atoms with E-state index in [-0.39, 0.29) is 0 Å². The molecule has 0 fully saturated rings. The Bertz CT molecular complexity index is 3040. The summed E-state index contributed by atoms with van der Waals surface area (Å²) >= 11 is 0. The Labute approximate surface area is 304 Å². The van der Waals surface area contributed by atoms with E-state index >= 15 is 0 Å². The maximum absolute atomic E-state index is 6.48. The zero-order valence-electron chi connectivity index (χ0n) is 28.3. The van der Waals surface area contributed by atoms with Crippen LogP contribution in [0.2, 0.25) is 0 Å². The van der Waals surface area contributed by atoms with E-state index in [1.54, 1.807) is 0 Å². The van der Waals surface area contributed by atoms with Crippen molar-refractivity contribution in [1.82, 2.24) is 24.5 Å². The molecule has 1 aliphatic rings. The summed E-state index contributed by atoms with van der Waals surface area (Å²) in [6.07, 6.45) is 0. The monoisotopic (exact) mass is 680 g/mol. The predicted molar refractivity (Wildman–Crippen MR) is 212 cm³/mol.